The molecule has 0 spiro atoms. The Morgan fingerprint density at radius 2 is 1.90 bits per heavy atom. The Hall–Kier alpha value is -1.00. The second kappa shape index (κ2) is 6.63. The summed E-state index contributed by atoms with van der Waals surface area (Å²) in [6, 6.07) is 6.23. The second-order valence-corrected chi connectivity index (χ2v) is 11.0. The lowest BCUT2D eigenvalue weighted by Crippen LogP contribution is -2.31. The molecule has 0 amide bonds. The first kappa shape index (κ1) is 15.4. The summed E-state index contributed by atoms with van der Waals surface area (Å²) >= 11 is 0. The number of ether oxygens (including phenoxy) is 1. The van der Waals surface area contributed by atoms with Gasteiger partial charge in [0, 0.05) is 0 Å². The van der Waals surface area contributed by atoms with Crippen molar-refractivity contribution in [2.24, 2.45) is 5.92 Å². The van der Waals surface area contributed by atoms with Crippen LogP contribution in [0.3, 0.4) is 0 Å². The molecule has 0 aromatic heterocycles. The van der Waals surface area contributed by atoms with E-state index in [9.17, 15) is 0 Å². The fraction of sp³-hybridized carbons (Fsp3) is 0.625. The molecule has 0 aliphatic carbocycles. The summed E-state index contributed by atoms with van der Waals surface area (Å²) in [5.74, 6) is 2.74. The summed E-state index contributed by atoms with van der Waals surface area (Å²) in [6.07, 6.45) is 3.60. The van der Waals surface area contributed by atoms with Crippen molar-refractivity contribution in [3.63, 3.8) is 0 Å². The predicted octanol–water partition coefficient (Wildman–Crippen LogP) is 3.45. The van der Waals surface area contributed by atoms with Gasteiger partial charge in [0.25, 0.3) is 0 Å². The fourth-order valence-corrected chi connectivity index (χ4v) is 3.53. The van der Waals surface area contributed by atoms with Crippen molar-refractivity contribution in [3.8, 4) is 11.5 Å². The second-order valence-electron chi connectivity index (χ2n) is 6.59. The van der Waals surface area contributed by atoms with E-state index in [-0.39, 0.29) is 0 Å². The predicted molar refractivity (Wildman–Crippen MR) is 86.3 cm³/mol. The smallest absolute Gasteiger partial charge is 0.242 e. The number of rotatable bonds is 5. The molecule has 2 rings (SSSR count). The monoisotopic (exact) mass is 293 g/mol. The van der Waals surface area contributed by atoms with Crippen molar-refractivity contribution in [2.75, 3.05) is 20.2 Å². The Kier molecular flexibility index (Phi) is 5.10. The fourth-order valence-electron chi connectivity index (χ4n) is 2.67. The molecule has 1 aliphatic heterocycles. The molecule has 0 atom stereocenters. The summed E-state index contributed by atoms with van der Waals surface area (Å²) in [5, 5.41) is 3.43. The van der Waals surface area contributed by atoms with Gasteiger partial charge >= 0.3 is 0 Å². The van der Waals surface area contributed by atoms with Crippen LogP contribution in [0.4, 0.5) is 0 Å². The Labute approximate surface area is 123 Å². The molecule has 1 saturated heterocycles. The zero-order valence-electron chi connectivity index (χ0n) is 13.2. The van der Waals surface area contributed by atoms with Gasteiger partial charge in [-0.1, -0.05) is 0 Å². The van der Waals surface area contributed by atoms with Crippen molar-refractivity contribution < 1.29 is 9.16 Å². The highest BCUT2D eigenvalue weighted by atomic mass is 28.4. The molecule has 1 fully saturated rings. The Balaban J connectivity index is 2.17. The molecular formula is C16H27NO2Si. The quantitative estimate of drug-likeness (QED) is 0.844. The van der Waals surface area contributed by atoms with Gasteiger partial charge in [0.2, 0.25) is 8.32 Å². The van der Waals surface area contributed by atoms with Gasteiger partial charge in [0.15, 0.2) is 0 Å². The minimum atomic E-state index is -1.58. The third kappa shape index (κ3) is 4.53. The van der Waals surface area contributed by atoms with Crippen LogP contribution in [0.5, 0.6) is 11.5 Å². The van der Waals surface area contributed by atoms with Crippen molar-refractivity contribution in [1.82, 2.24) is 5.32 Å². The van der Waals surface area contributed by atoms with E-state index < -0.39 is 8.32 Å². The van der Waals surface area contributed by atoms with Crippen LogP contribution in [-0.4, -0.2) is 28.5 Å². The average Bonchev–Trinajstić information content (AvgIpc) is 2.40. The van der Waals surface area contributed by atoms with Crippen molar-refractivity contribution in [2.45, 2.75) is 38.9 Å². The highest BCUT2D eigenvalue weighted by molar-refractivity contribution is 6.70. The molecule has 0 saturated carbocycles. The van der Waals surface area contributed by atoms with Crippen molar-refractivity contribution in [1.29, 1.82) is 0 Å². The highest BCUT2D eigenvalue weighted by Gasteiger charge is 2.21. The number of piperidine rings is 1. The largest absolute Gasteiger partial charge is 0.544 e. The maximum absolute atomic E-state index is 6.24. The zero-order chi connectivity index (χ0) is 14.6. The van der Waals surface area contributed by atoms with Gasteiger partial charge in [-0.2, -0.15) is 0 Å². The van der Waals surface area contributed by atoms with Gasteiger partial charge in [-0.05, 0) is 81.7 Å². The van der Waals surface area contributed by atoms with E-state index in [1.165, 1.54) is 18.4 Å². The summed E-state index contributed by atoms with van der Waals surface area (Å²) in [7, 11) is 0.149. The van der Waals surface area contributed by atoms with Crippen LogP contribution >= 0.6 is 0 Å². The lowest BCUT2D eigenvalue weighted by Gasteiger charge is -2.26. The standard InChI is InChI=1S/C16H27NO2Si/c1-18-15-5-6-16(19-20(2,3)4)14(12-15)11-13-7-9-17-10-8-13/h5-6,12-13,17H,7-11H2,1-4H3. The van der Waals surface area contributed by atoms with E-state index in [1.807, 2.05) is 6.07 Å². The number of methoxy groups -OCH3 is 1. The maximum atomic E-state index is 6.24. The van der Waals surface area contributed by atoms with Crippen LogP contribution in [0.25, 0.3) is 0 Å². The molecule has 1 aliphatic rings. The summed E-state index contributed by atoms with van der Waals surface area (Å²) < 4.78 is 11.6. The zero-order valence-corrected chi connectivity index (χ0v) is 14.2. The average molecular weight is 293 g/mol. The summed E-state index contributed by atoms with van der Waals surface area (Å²) in [4.78, 5) is 0. The topological polar surface area (TPSA) is 30.5 Å². The van der Waals surface area contributed by atoms with Crippen LogP contribution < -0.4 is 14.5 Å². The molecule has 1 aromatic carbocycles. The van der Waals surface area contributed by atoms with Crippen LogP contribution in [-0.2, 0) is 6.42 Å². The van der Waals surface area contributed by atoms with Gasteiger partial charge in [-0.3, -0.25) is 0 Å². The first-order chi connectivity index (χ1) is 9.48. The van der Waals surface area contributed by atoms with Crippen LogP contribution in [0.2, 0.25) is 19.6 Å². The third-order valence-electron chi connectivity index (χ3n) is 3.65. The minimum absolute atomic E-state index is 0.757. The Morgan fingerprint density at radius 1 is 1.20 bits per heavy atom. The molecule has 0 radical (unpaired) electrons. The molecular weight excluding hydrogens is 266 g/mol. The molecule has 3 nitrogen and oxygen atoms in total. The van der Waals surface area contributed by atoms with Gasteiger partial charge < -0.3 is 14.5 Å². The van der Waals surface area contributed by atoms with Crippen LogP contribution in [0.15, 0.2) is 18.2 Å². The van der Waals surface area contributed by atoms with E-state index in [1.54, 1.807) is 7.11 Å². The normalized spacial score (nSPS) is 17.0. The molecule has 0 unspecified atom stereocenters. The molecule has 0 bridgehead atoms. The van der Waals surface area contributed by atoms with Gasteiger partial charge in [0.05, 0.1) is 7.11 Å². The molecule has 112 valence electrons. The summed E-state index contributed by atoms with van der Waals surface area (Å²) in [5.41, 5.74) is 1.30. The third-order valence-corrected chi connectivity index (χ3v) is 4.48. The molecule has 1 N–H and O–H groups in total. The van der Waals surface area contributed by atoms with Gasteiger partial charge in [0.1, 0.15) is 11.5 Å². The summed E-state index contributed by atoms with van der Waals surface area (Å²) in [6.45, 7) is 8.96. The number of nitrogens with one attached hydrogen (secondary N) is 1. The van der Waals surface area contributed by atoms with Crippen molar-refractivity contribution >= 4 is 8.32 Å². The number of benzene rings is 1. The first-order valence-corrected chi connectivity index (χ1v) is 11.0. The first-order valence-electron chi connectivity index (χ1n) is 7.54. The minimum Gasteiger partial charge on any atom is -0.544 e. The van der Waals surface area contributed by atoms with Gasteiger partial charge in [-0.25, -0.2) is 0 Å². The maximum Gasteiger partial charge on any atom is 0.242 e. The number of hydrogen-bond acceptors (Lipinski definition) is 3. The lowest BCUT2D eigenvalue weighted by atomic mass is 9.90. The molecule has 20 heavy (non-hydrogen) atoms. The number of hydrogen-bond donors (Lipinski definition) is 1. The SMILES string of the molecule is COc1ccc(O[Si](C)(C)C)c(CC2CCNCC2)c1. The van der Waals surface area contributed by atoms with Crippen LogP contribution in [0, 0.1) is 5.92 Å². The van der Waals surface area contributed by atoms with Gasteiger partial charge in [-0.15, -0.1) is 0 Å². The Bertz CT molecular complexity index is 437. The highest BCUT2D eigenvalue weighted by Crippen LogP contribution is 2.30. The molecule has 1 aromatic rings. The van der Waals surface area contributed by atoms with Crippen molar-refractivity contribution in [3.05, 3.63) is 23.8 Å². The molecule has 1 heterocycles. The lowest BCUT2D eigenvalue weighted by molar-refractivity contribution is 0.368. The van der Waals surface area contributed by atoms with E-state index in [0.717, 1.165) is 36.9 Å². The van der Waals surface area contributed by atoms with E-state index >= 15 is 0 Å². The Morgan fingerprint density at radius 3 is 2.50 bits per heavy atom. The van der Waals surface area contributed by atoms with E-state index in [0.29, 0.717) is 0 Å². The molecule has 4 heteroatoms. The van der Waals surface area contributed by atoms with Crippen LogP contribution in [0.1, 0.15) is 18.4 Å². The van der Waals surface area contributed by atoms with E-state index in [4.69, 9.17) is 9.16 Å². The van der Waals surface area contributed by atoms with E-state index in [2.05, 4.69) is 37.1 Å².